The number of hydrogen-bond acceptors (Lipinski definition) is 5. The number of aliphatic hydroxyl groups excluding tert-OH is 1. The number of carbonyl (C=O) groups excluding carboxylic acids is 1. The summed E-state index contributed by atoms with van der Waals surface area (Å²) in [5.74, 6) is -0.233. The first-order valence-corrected chi connectivity index (χ1v) is 4.95. The zero-order valence-corrected chi connectivity index (χ0v) is 9.64. The molecule has 5 heteroatoms. The summed E-state index contributed by atoms with van der Waals surface area (Å²) in [6.07, 6.45) is -1.15. The molecule has 0 aliphatic heterocycles. The number of nitrogens with zero attached hydrogens (tertiary/aromatic N) is 1. The maximum atomic E-state index is 11.1. The first kappa shape index (κ1) is 13.0. The van der Waals surface area contributed by atoms with Gasteiger partial charge in [0.05, 0.1) is 25.9 Å². The highest BCUT2D eigenvalue weighted by Crippen LogP contribution is 2.21. The predicted octanol–water partition coefficient (Wildman–Crippen LogP) is 0.643. The molecule has 5 nitrogen and oxygen atoms in total. The molecule has 0 saturated carbocycles. The first-order chi connectivity index (χ1) is 8.12. The van der Waals surface area contributed by atoms with E-state index in [2.05, 4.69) is 4.74 Å². The normalized spacial score (nSPS) is 11.4. The van der Waals surface area contributed by atoms with E-state index < -0.39 is 12.1 Å². The fraction of sp³-hybridized carbons (Fsp3) is 0.333. The molecule has 0 amide bonds. The summed E-state index contributed by atoms with van der Waals surface area (Å²) in [7, 11) is 2.67. The average molecular weight is 235 g/mol. The molecule has 0 saturated heterocycles. The van der Waals surface area contributed by atoms with Gasteiger partial charge in [-0.25, -0.2) is 4.79 Å². The van der Waals surface area contributed by atoms with Crippen molar-refractivity contribution >= 4 is 5.97 Å². The van der Waals surface area contributed by atoms with Gasteiger partial charge in [-0.05, 0) is 17.7 Å². The summed E-state index contributed by atoms with van der Waals surface area (Å²) in [6, 6.07) is 6.78. The largest absolute Gasteiger partial charge is 0.496 e. The maximum absolute atomic E-state index is 11.1. The molecule has 0 radical (unpaired) electrons. The van der Waals surface area contributed by atoms with Gasteiger partial charge < -0.3 is 14.6 Å². The average Bonchev–Trinajstić information content (AvgIpc) is 2.37. The molecular weight excluding hydrogens is 222 g/mol. The topological polar surface area (TPSA) is 79.5 Å². The van der Waals surface area contributed by atoms with Crippen LogP contribution in [0.2, 0.25) is 0 Å². The molecule has 1 aromatic carbocycles. The van der Waals surface area contributed by atoms with Gasteiger partial charge in [0.2, 0.25) is 0 Å². The Labute approximate surface area is 99.2 Å². The second-order valence-corrected chi connectivity index (χ2v) is 3.38. The van der Waals surface area contributed by atoms with Gasteiger partial charge in [0.25, 0.3) is 0 Å². The molecule has 0 spiro atoms. The Hall–Kier alpha value is -2.06. The Balaban J connectivity index is 2.91. The van der Waals surface area contributed by atoms with Gasteiger partial charge in [0.15, 0.2) is 6.10 Å². The summed E-state index contributed by atoms with van der Waals surface area (Å²) < 4.78 is 9.51. The lowest BCUT2D eigenvalue weighted by molar-refractivity contribution is -0.150. The number of hydrogen-bond donors (Lipinski definition) is 1. The van der Waals surface area contributed by atoms with E-state index in [0.29, 0.717) is 16.9 Å². The highest BCUT2D eigenvalue weighted by Gasteiger charge is 2.18. The molecule has 1 rings (SSSR count). The van der Waals surface area contributed by atoms with Crippen LogP contribution < -0.4 is 4.74 Å². The molecule has 0 heterocycles. The van der Waals surface area contributed by atoms with E-state index in [1.165, 1.54) is 14.2 Å². The van der Waals surface area contributed by atoms with Gasteiger partial charge in [-0.2, -0.15) is 5.26 Å². The van der Waals surface area contributed by atoms with Crippen molar-refractivity contribution in [3.8, 4) is 11.8 Å². The number of ether oxygens (including phenoxy) is 2. The minimum Gasteiger partial charge on any atom is -0.496 e. The third kappa shape index (κ3) is 3.20. The van der Waals surface area contributed by atoms with Crippen LogP contribution in [0.15, 0.2) is 18.2 Å². The van der Waals surface area contributed by atoms with Gasteiger partial charge in [0.1, 0.15) is 5.75 Å². The highest BCUT2D eigenvalue weighted by atomic mass is 16.5. The number of benzene rings is 1. The lowest BCUT2D eigenvalue weighted by Crippen LogP contribution is -2.24. The maximum Gasteiger partial charge on any atom is 0.335 e. The molecule has 17 heavy (non-hydrogen) atoms. The van der Waals surface area contributed by atoms with Crippen LogP contribution in [-0.2, 0) is 16.0 Å². The molecule has 1 aromatic rings. The SMILES string of the molecule is COC(=O)C(O)Cc1ccc(C#N)cc1OC. The van der Waals surface area contributed by atoms with Crippen molar-refractivity contribution in [1.82, 2.24) is 0 Å². The van der Waals surface area contributed by atoms with Crippen molar-refractivity contribution in [2.75, 3.05) is 14.2 Å². The molecular formula is C12H13NO4. The van der Waals surface area contributed by atoms with Crippen LogP contribution in [0.5, 0.6) is 5.75 Å². The third-order valence-corrected chi connectivity index (χ3v) is 2.30. The molecule has 1 N–H and O–H groups in total. The van der Waals surface area contributed by atoms with E-state index in [1.54, 1.807) is 18.2 Å². The summed E-state index contributed by atoms with van der Waals surface area (Å²) in [5, 5.41) is 18.3. The lowest BCUT2D eigenvalue weighted by atomic mass is 10.0. The summed E-state index contributed by atoms with van der Waals surface area (Å²) in [5.41, 5.74) is 1.10. The minimum atomic E-state index is -1.23. The summed E-state index contributed by atoms with van der Waals surface area (Å²) >= 11 is 0. The lowest BCUT2D eigenvalue weighted by Gasteiger charge is -2.11. The quantitative estimate of drug-likeness (QED) is 0.775. The molecule has 0 bridgehead atoms. The second-order valence-electron chi connectivity index (χ2n) is 3.38. The van der Waals surface area contributed by atoms with Gasteiger partial charge in [-0.3, -0.25) is 0 Å². The van der Waals surface area contributed by atoms with Crippen molar-refractivity contribution < 1.29 is 19.4 Å². The highest BCUT2D eigenvalue weighted by molar-refractivity contribution is 5.74. The fourth-order valence-corrected chi connectivity index (χ4v) is 1.41. The Morgan fingerprint density at radius 1 is 1.53 bits per heavy atom. The van der Waals surface area contributed by atoms with Gasteiger partial charge in [0, 0.05) is 6.42 Å². The van der Waals surface area contributed by atoms with Crippen molar-refractivity contribution in [3.63, 3.8) is 0 Å². The smallest absolute Gasteiger partial charge is 0.335 e. The summed E-state index contributed by atoms with van der Waals surface area (Å²) in [6.45, 7) is 0. The van der Waals surface area contributed by atoms with Gasteiger partial charge in [-0.1, -0.05) is 6.07 Å². The van der Waals surface area contributed by atoms with Crippen LogP contribution in [0.3, 0.4) is 0 Å². The number of rotatable bonds is 4. The van der Waals surface area contributed by atoms with E-state index in [0.717, 1.165) is 0 Å². The van der Waals surface area contributed by atoms with E-state index in [4.69, 9.17) is 10.00 Å². The zero-order chi connectivity index (χ0) is 12.8. The summed E-state index contributed by atoms with van der Waals surface area (Å²) in [4.78, 5) is 11.1. The number of methoxy groups -OCH3 is 2. The molecule has 1 atom stereocenters. The Morgan fingerprint density at radius 2 is 2.24 bits per heavy atom. The van der Waals surface area contributed by atoms with Crippen molar-refractivity contribution in [2.24, 2.45) is 0 Å². The van der Waals surface area contributed by atoms with Crippen LogP contribution in [0, 0.1) is 11.3 Å². The third-order valence-electron chi connectivity index (χ3n) is 2.30. The number of esters is 1. The van der Waals surface area contributed by atoms with Gasteiger partial charge >= 0.3 is 5.97 Å². The number of carbonyl (C=O) groups is 1. The zero-order valence-electron chi connectivity index (χ0n) is 9.64. The van der Waals surface area contributed by atoms with E-state index in [1.807, 2.05) is 6.07 Å². The molecule has 90 valence electrons. The molecule has 0 aliphatic rings. The van der Waals surface area contributed by atoms with Crippen molar-refractivity contribution in [1.29, 1.82) is 5.26 Å². The Bertz CT molecular complexity index is 450. The Kier molecular flexibility index (Phi) is 4.49. The first-order valence-electron chi connectivity index (χ1n) is 4.95. The number of aliphatic hydroxyl groups is 1. The Morgan fingerprint density at radius 3 is 2.76 bits per heavy atom. The number of nitriles is 1. The minimum absolute atomic E-state index is 0.0849. The molecule has 0 aromatic heterocycles. The van der Waals surface area contributed by atoms with Gasteiger partial charge in [-0.15, -0.1) is 0 Å². The fourth-order valence-electron chi connectivity index (χ4n) is 1.41. The monoisotopic (exact) mass is 235 g/mol. The van der Waals surface area contributed by atoms with E-state index in [-0.39, 0.29) is 6.42 Å². The second kappa shape index (κ2) is 5.87. The molecule has 0 aliphatic carbocycles. The van der Waals surface area contributed by atoms with Crippen LogP contribution in [0.25, 0.3) is 0 Å². The predicted molar refractivity (Wildman–Crippen MR) is 59.4 cm³/mol. The van der Waals surface area contributed by atoms with Crippen LogP contribution in [0.4, 0.5) is 0 Å². The van der Waals surface area contributed by atoms with Crippen LogP contribution >= 0.6 is 0 Å². The van der Waals surface area contributed by atoms with Crippen LogP contribution in [0.1, 0.15) is 11.1 Å². The van der Waals surface area contributed by atoms with Crippen LogP contribution in [-0.4, -0.2) is 31.4 Å². The molecule has 0 fully saturated rings. The standard InChI is InChI=1S/C12H13NO4/c1-16-11-5-8(7-13)3-4-9(11)6-10(14)12(15)17-2/h3-5,10,14H,6H2,1-2H3. The van der Waals surface area contributed by atoms with E-state index >= 15 is 0 Å². The molecule has 1 unspecified atom stereocenters. The van der Waals surface area contributed by atoms with Crippen molar-refractivity contribution in [2.45, 2.75) is 12.5 Å². The van der Waals surface area contributed by atoms with E-state index in [9.17, 15) is 9.90 Å². The van der Waals surface area contributed by atoms with Crippen molar-refractivity contribution in [3.05, 3.63) is 29.3 Å².